The maximum absolute atomic E-state index is 12.6. The lowest BCUT2D eigenvalue weighted by atomic mass is 10.2. The summed E-state index contributed by atoms with van der Waals surface area (Å²) in [4.78, 5) is 24.6. The fourth-order valence-corrected chi connectivity index (χ4v) is 3.00. The summed E-state index contributed by atoms with van der Waals surface area (Å²) in [6, 6.07) is 16.4. The molecular weight excluding hydrogens is 468 g/mol. The Balaban J connectivity index is 1.57. The Kier molecular flexibility index (Phi) is 9.10. The summed E-state index contributed by atoms with van der Waals surface area (Å²) < 4.78 is 31.7. The summed E-state index contributed by atoms with van der Waals surface area (Å²) >= 11 is 0. The molecule has 0 unspecified atom stereocenters. The van der Waals surface area contributed by atoms with Gasteiger partial charge < -0.3 is 28.4 Å². The van der Waals surface area contributed by atoms with Crippen molar-refractivity contribution in [2.45, 2.75) is 0 Å². The number of esters is 1. The van der Waals surface area contributed by atoms with Crippen LogP contribution in [0.25, 0.3) is 0 Å². The minimum absolute atomic E-state index is 0.210. The van der Waals surface area contributed by atoms with Gasteiger partial charge in [-0.25, -0.2) is 10.2 Å². The summed E-state index contributed by atoms with van der Waals surface area (Å²) in [5.74, 6) is 1.60. The third kappa shape index (κ3) is 6.89. The number of carbonyl (C=O) groups excluding carboxylic acids is 2. The number of carbonyl (C=O) groups is 2. The Labute approximate surface area is 208 Å². The van der Waals surface area contributed by atoms with Crippen LogP contribution >= 0.6 is 0 Å². The maximum Gasteiger partial charge on any atom is 0.343 e. The molecule has 1 amide bonds. The van der Waals surface area contributed by atoms with E-state index in [1.807, 2.05) is 0 Å². The number of amides is 1. The van der Waals surface area contributed by atoms with Gasteiger partial charge in [-0.3, -0.25) is 4.79 Å². The normalized spacial score (nSPS) is 10.4. The molecule has 0 aliphatic carbocycles. The standard InChI is InChI=1S/C26H26N2O8/c1-31-19-7-9-20(10-8-19)35-16-25(29)28-27-15-17-5-11-22(23(13-17)33-3)36-26(30)18-6-12-21(32-2)24(14-18)34-4/h5-15H,16H2,1-4H3,(H,28,29). The highest BCUT2D eigenvalue weighted by molar-refractivity contribution is 5.92. The zero-order chi connectivity index (χ0) is 25.9. The molecule has 1 N–H and O–H groups in total. The van der Waals surface area contributed by atoms with Crippen LogP contribution in [0.4, 0.5) is 0 Å². The minimum atomic E-state index is -0.597. The molecule has 36 heavy (non-hydrogen) atoms. The first-order valence-corrected chi connectivity index (χ1v) is 10.7. The molecular formula is C26H26N2O8. The van der Waals surface area contributed by atoms with Crippen LogP contribution in [0.15, 0.2) is 65.8 Å². The van der Waals surface area contributed by atoms with Crippen LogP contribution in [0.1, 0.15) is 15.9 Å². The average Bonchev–Trinajstić information content (AvgIpc) is 2.92. The van der Waals surface area contributed by atoms with Crippen molar-refractivity contribution in [1.82, 2.24) is 5.43 Å². The molecule has 0 radical (unpaired) electrons. The Bertz CT molecular complexity index is 1230. The van der Waals surface area contributed by atoms with Crippen molar-refractivity contribution in [1.29, 1.82) is 0 Å². The third-order valence-corrected chi connectivity index (χ3v) is 4.84. The molecule has 0 saturated carbocycles. The Morgan fingerprint density at radius 1 is 0.750 bits per heavy atom. The average molecular weight is 495 g/mol. The second kappa shape index (κ2) is 12.7. The number of nitrogens with one attached hydrogen (secondary N) is 1. The van der Waals surface area contributed by atoms with Gasteiger partial charge in [-0.2, -0.15) is 5.10 Å². The molecule has 188 valence electrons. The molecule has 0 bridgehead atoms. The lowest BCUT2D eigenvalue weighted by Gasteiger charge is -2.11. The minimum Gasteiger partial charge on any atom is -0.497 e. The van der Waals surface area contributed by atoms with E-state index in [4.69, 9.17) is 28.4 Å². The van der Waals surface area contributed by atoms with Crippen molar-refractivity contribution in [3.05, 3.63) is 71.8 Å². The number of ether oxygens (including phenoxy) is 6. The molecule has 0 aliphatic heterocycles. The Morgan fingerprint density at radius 3 is 2.06 bits per heavy atom. The van der Waals surface area contributed by atoms with Gasteiger partial charge in [-0.05, 0) is 66.2 Å². The highest BCUT2D eigenvalue weighted by atomic mass is 16.6. The molecule has 0 saturated heterocycles. The van der Waals surface area contributed by atoms with Gasteiger partial charge in [0.25, 0.3) is 5.91 Å². The van der Waals surface area contributed by atoms with Crippen molar-refractivity contribution < 1.29 is 38.0 Å². The lowest BCUT2D eigenvalue weighted by molar-refractivity contribution is -0.123. The number of hydrogen-bond donors (Lipinski definition) is 1. The SMILES string of the molecule is COc1ccc(OCC(=O)NN=Cc2ccc(OC(=O)c3ccc(OC)c(OC)c3)c(OC)c2)cc1. The van der Waals surface area contributed by atoms with Gasteiger partial charge in [0.15, 0.2) is 29.6 Å². The molecule has 10 nitrogen and oxygen atoms in total. The summed E-state index contributed by atoms with van der Waals surface area (Å²) in [5, 5.41) is 3.92. The molecule has 0 aromatic heterocycles. The number of methoxy groups -OCH3 is 4. The van der Waals surface area contributed by atoms with E-state index in [2.05, 4.69) is 10.5 Å². The summed E-state index contributed by atoms with van der Waals surface area (Å²) in [7, 11) is 6.00. The second-order valence-corrected chi connectivity index (χ2v) is 7.13. The zero-order valence-electron chi connectivity index (χ0n) is 20.3. The highest BCUT2D eigenvalue weighted by Crippen LogP contribution is 2.31. The van der Waals surface area contributed by atoms with E-state index in [0.29, 0.717) is 34.3 Å². The number of nitrogens with zero attached hydrogens (tertiary/aromatic N) is 1. The van der Waals surface area contributed by atoms with E-state index in [1.165, 1.54) is 33.6 Å². The summed E-state index contributed by atoms with van der Waals surface area (Å²) in [6.45, 7) is -0.210. The first-order valence-electron chi connectivity index (χ1n) is 10.7. The molecule has 0 fully saturated rings. The molecule has 0 atom stereocenters. The number of hydrogen-bond acceptors (Lipinski definition) is 9. The summed E-state index contributed by atoms with van der Waals surface area (Å²) in [5.41, 5.74) is 3.27. The topological polar surface area (TPSA) is 114 Å². The van der Waals surface area contributed by atoms with Crippen molar-refractivity contribution >= 4 is 18.1 Å². The monoisotopic (exact) mass is 494 g/mol. The lowest BCUT2D eigenvalue weighted by Crippen LogP contribution is -2.24. The van der Waals surface area contributed by atoms with Gasteiger partial charge >= 0.3 is 5.97 Å². The molecule has 0 aliphatic rings. The van der Waals surface area contributed by atoms with Crippen molar-refractivity contribution in [3.8, 4) is 34.5 Å². The molecule has 0 heterocycles. The predicted molar refractivity (Wildman–Crippen MR) is 132 cm³/mol. The van der Waals surface area contributed by atoms with Crippen LogP contribution < -0.4 is 33.8 Å². The number of hydrazone groups is 1. The van der Waals surface area contributed by atoms with E-state index in [1.54, 1.807) is 61.7 Å². The highest BCUT2D eigenvalue weighted by Gasteiger charge is 2.15. The van der Waals surface area contributed by atoms with E-state index >= 15 is 0 Å². The third-order valence-electron chi connectivity index (χ3n) is 4.84. The fraction of sp³-hybridized carbons (Fsp3) is 0.192. The number of benzene rings is 3. The molecule has 0 spiro atoms. The van der Waals surface area contributed by atoms with Crippen LogP contribution in [0.2, 0.25) is 0 Å². The van der Waals surface area contributed by atoms with Crippen LogP contribution in [0.3, 0.4) is 0 Å². The largest absolute Gasteiger partial charge is 0.497 e. The van der Waals surface area contributed by atoms with E-state index < -0.39 is 11.9 Å². The van der Waals surface area contributed by atoms with Gasteiger partial charge in [-0.1, -0.05) is 0 Å². The molecule has 3 aromatic carbocycles. The first-order chi connectivity index (χ1) is 17.5. The van der Waals surface area contributed by atoms with Crippen LogP contribution in [0, 0.1) is 0 Å². The predicted octanol–water partition coefficient (Wildman–Crippen LogP) is 3.47. The van der Waals surface area contributed by atoms with Gasteiger partial charge in [0.05, 0.1) is 40.2 Å². The van der Waals surface area contributed by atoms with Crippen molar-refractivity contribution in [2.75, 3.05) is 35.0 Å². The second-order valence-electron chi connectivity index (χ2n) is 7.13. The summed E-state index contributed by atoms with van der Waals surface area (Å²) in [6.07, 6.45) is 1.42. The Morgan fingerprint density at radius 2 is 1.39 bits per heavy atom. The van der Waals surface area contributed by atoms with E-state index in [0.717, 1.165) is 0 Å². The van der Waals surface area contributed by atoms with Gasteiger partial charge in [-0.15, -0.1) is 0 Å². The molecule has 3 aromatic rings. The zero-order valence-corrected chi connectivity index (χ0v) is 20.3. The van der Waals surface area contributed by atoms with Gasteiger partial charge in [0.1, 0.15) is 11.5 Å². The fourth-order valence-electron chi connectivity index (χ4n) is 3.00. The van der Waals surface area contributed by atoms with E-state index in [9.17, 15) is 9.59 Å². The van der Waals surface area contributed by atoms with Crippen molar-refractivity contribution in [2.24, 2.45) is 5.10 Å². The first kappa shape index (κ1) is 25.9. The quantitative estimate of drug-likeness (QED) is 0.187. The van der Waals surface area contributed by atoms with E-state index in [-0.39, 0.29) is 17.9 Å². The van der Waals surface area contributed by atoms with Crippen LogP contribution in [-0.4, -0.2) is 53.1 Å². The molecule has 10 heteroatoms. The maximum atomic E-state index is 12.6. The Hall–Kier alpha value is -4.73. The smallest absolute Gasteiger partial charge is 0.343 e. The number of rotatable bonds is 11. The van der Waals surface area contributed by atoms with Crippen molar-refractivity contribution in [3.63, 3.8) is 0 Å². The van der Waals surface area contributed by atoms with Gasteiger partial charge in [0.2, 0.25) is 0 Å². The van der Waals surface area contributed by atoms with Crippen LogP contribution in [0.5, 0.6) is 34.5 Å². The van der Waals surface area contributed by atoms with Crippen LogP contribution in [-0.2, 0) is 4.79 Å². The molecule has 3 rings (SSSR count). The van der Waals surface area contributed by atoms with Gasteiger partial charge in [0, 0.05) is 0 Å².